The highest BCUT2D eigenvalue weighted by Gasteiger charge is 2.17. The Kier molecular flexibility index (Phi) is 5.77. The number of hydrogen-bond acceptors (Lipinski definition) is 5. The molecule has 1 rings (SSSR count). The van der Waals surface area contributed by atoms with Gasteiger partial charge >= 0.3 is 7.12 Å². The van der Waals surface area contributed by atoms with Crippen molar-refractivity contribution in [3.8, 4) is 5.75 Å². The maximum atomic E-state index is 13.4. The fourth-order valence-corrected chi connectivity index (χ4v) is 2.67. The zero-order valence-corrected chi connectivity index (χ0v) is 11.4. The van der Waals surface area contributed by atoms with Gasteiger partial charge in [-0.2, -0.15) is 0 Å². The number of hydrogen-bond donors (Lipinski definition) is 2. The van der Waals surface area contributed by atoms with Crippen molar-refractivity contribution >= 4 is 22.4 Å². The van der Waals surface area contributed by atoms with Gasteiger partial charge in [-0.3, -0.25) is 0 Å². The smallest absolute Gasteiger partial charge is 0.491 e. The summed E-state index contributed by atoms with van der Waals surface area (Å²) in [5, 5.41) is 17.7. The van der Waals surface area contributed by atoms with Crippen LogP contribution in [-0.2, 0) is 9.84 Å². The maximum Gasteiger partial charge on any atom is 0.491 e. The predicted molar refractivity (Wildman–Crippen MR) is 70.7 cm³/mol. The van der Waals surface area contributed by atoms with E-state index in [0.29, 0.717) is 6.42 Å². The molecule has 0 aliphatic heterocycles. The van der Waals surface area contributed by atoms with Gasteiger partial charge in [-0.05, 0) is 12.5 Å². The molecule has 0 heterocycles. The molecular formula is C11H16BFO5S. The Labute approximate surface area is 112 Å². The third kappa shape index (κ3) is 5.18. The van der Waals surface area contributed by atoms with Crippen LogP contribution in [0.15, 0.2) is 18.2 Å². The van der Waals surface area contributed by atoms with Gasteiger partial charge in [0.1, 0.15) is 18.2 Å². The lowest BCUT2D eigenvalue weighted by atomic mass is 9.80. The summed E-state index contributed by atoms with van der Waals surface area (Å²) < 4.78 is 41.3. The van der Waals surface area contributed by atoms with Crippen LogP contribution < -0.4 is 10.2 Å². The number of sulfone groups is 1. The Balaban J connectivity index is 2.58. The first-order chi connectivity index (χ1) is 8.85. The molecule has 2 N–H and O–H groups in total. The van der Waals surface area contributed by atoms with Gasteiger partial charge in [-0.1, -0.05) is 13.0 Å². The predicted octanol–water partition coefficient (Wildman–Crippen LogP) is -0.291. The molecule has 0 aliphatic carbocycles. The molecule has 0 saturated carbocycles. The van der Waals surface area contributed by atoms with Gasteiger partial charge in [0.05, 0.1) is 11.5 Å². The van der Waals surface area contributed by atoms with Crippen molar-refractivity contribution in [2.75, 3.05) is 18.1 Å². The highest BCUT2D eigenvalue weighted by Crippen LogP contribution is 2.11. The van der Waals surface area contributed by atoms with Gasteiger partial charge in [0.15, 0.2) is 9.84 Å². The highest BCUT2D eigenvalue weighted by atomic mass is 32.2. The molecule has 19 heavy (non-hydrogen) atoms. The van der Waals surface area contributed by atoms with E-state index in [4.69, 9.17) is 14.8 Å². The second-order valence-corrected chi connectivity index (χ2v) is 6.36. The number of benzene rings is 1. The Bertz CT molecular complexity index is 518. The number of ether oxygens (including phenoxy) is 1. The van der Waals surface area contributed by atoms with Crippen LogP contribution in [0.5, 0.6) is 5.75 Å². The summed E-state index contributed by atoms with van der Waals surface area (Å²) in [6.45, 7) is 1.70. The van der Waals surface area contributed by atoms with Crippen molar-refractivity contribution in [3.05, 3.63) is 24.0 Å². The zero-order chi connectivity index (χ0) is 14.5. The second kappa shape index (κ2) is 6.88. The lowest BCUT2D eigenvalue weighted by Crippen LogP contribution is -2.32. The average Bonchev–Trinajstić information content (AvgIpc) is 2.28. The van der Waals surface area contributed by atoms with Gasteiger partial charge in [-0.15, -0.1) is 0 Å². The first-order valence-electron chi connectivity index (χ1n) is 5.84. The van der Waals surface area contributed by atoms with Gasteiger partial charge in [0.25, 0.3) is 0 Å². The van der Waals surface area contributed by atoms with Crippen molar-refractivity contribution in [3.63, 3.8) is 0 Å². The molecule has 0 radical (unpaired) electrons. The maximum absolute atomic E-state index is 13.4. The van der Waals surface area contributed by atoms with Crippen LogP contribution in [0, 0.1) is 5.82 Å². The summed E-state index contributed by atoms with van der Waals surface area (Å²) in [6.07, 6.45) is 0.542. The second-order valence-electron chi connectivity index (χ2n) is 4.06. The SMILES string of the molecule is CCCS(=O)(=O)CCOc1ccc(B(O)O)c(F)c1. The molecular weight excluding hydrogens is 274 g/mol. The Hall–Kier alpha value is -1.12. The molecule has 0 aromatic heterocycles. The summed E-state index contributed by atoms with van der Waals surface area (Å²) in [7, 11) is -5.02. The molecule has 0 saturated heterocycles. The van der Waals surface area contributed by atoms with Gasteiger partial charge in [0, 0.05) is 11.5 Å². The fourth-order valence-electron chi connectivity index (χ4n) is 1.51. The van der Waals surface area contributed by atoms with E-state index in [1.165, 1.54) is 12.1 Å². The molecule has 0 amide bonds. The van der Waals surface area contributed by atoms with Crippen LogP contribution in [0.1, 0.15) is 13.3 Å². The molecule has 1 aromatic carbocycles. The van der Waals surface area contributed by atoms with Crippen molar-refractivity contribution < 1.29 is 27.6 Å². The lowest BCUT2D eigenvalue weighted by molar-refractivity contribution is 0.339. The summed E-state index contributed by atoms with van der Waals surface area (Å²) in [4.78, 5) is 0. The van der Waals surface area contributed by atoms with E-state index in [1.807, 2.05) is 0 Å². The molecule has 106 valence electrons. The molecule has 0 aliphatic rings. The van der Waals surface area contributed by atoms with Gasteiger partial charge in [-0.25, -0.2) is 12.8 Å². The molecule has 0 unspecified atom stereocenters. The van der Waals surface area contributed by atoms with Crippen molar-refractivity contribution in [2.45, 2.75) is 13.3 Å². The molecule has 5 nitrogen and oxygen atoms in total. The largest absolute Gasteiger partial charge is 0.492 e. The summed E-state index contributed by atoms with van der Waals surface area (Å²) in [5.74, 6) is -0.703. The van der Waals surface area contributed by atoms with Crippen LogP contribution in [0.2, 0.25) is 0 Å². The van der Waals surface area contributed by atoms with E-state index in [0.717, 1.165) is 6.07 Å². The Morgan fingerprint density at radius 2 is 2.00 bits per heavy atom. The van der Waals surface area contributed by atoms with E-state index in [9.17, 15) is 12.8 Å². The van der Waals surface area contributed by atoms with Crippen LogP contribution in [0.25, 0.3) is 0 Å². The van der Waals surface area contributed by atoms with E-state index in [2.05, 4.69) is 0 Å². The lowest BCUT2D eigenvalue weighted by Gasteiger charge is -2.08. The minimum Gasteiger partial charge on any atom is -0.492 e. The molecule has 0 spiro atoms. The van der Waals surface area contributed by atoms with Crippen LogP contribution in [-0.4, -0.2) is 43.7 Å². The first-order valence-corrected chi connectivity index (χ1v) is 7.66. The fraction of sp³-hybridized carbons (Fsp3) is 0.455. The first kappa shape index (κ1) is 15.9. The van der Waals surface area contributed by atoms with Crippen LogP contribution in [0.4, 0.5) is 4.39 Å². The molecule has 0 atom stereocenters. The minimum absolute atomic E-state index is 0.0667. The monoisotopic (exact) mass is 290 g/mol. The van der Waals surface area contributed by atoms with Crippen molar-refractivity contribution in [1.29, 1.82) is 0 Å². The minimum atomic E-state index is -3.13. The number of halogens is 1. The Morgan fingerprint density at radius 1 is 1.32 bits per heavy atom. The van der Waals surface area contributed by atoms with E-state index >= 15 is 0 Å². The Morgan fingerprint density at radius 3 is 2.53 bits per heavy atom. The summed E-state index contributed by atoms with van der Waals surface area (Å²) in [6, 6.07) is 3.52. The average molecular weight is 290 g/mol. The molecule has 0 fully saturated rings. The van der Waals surface area contributed by atoms with Crippen LogP contribution in [0.3, 0.4) is 0 Å². The molecule has 8 heteroatoms. The third-order valence-corrected chi connectivity index (χ3v) is 4.25. The topological polar surface area (TPSA) is 83.8 Å². The third-order valence-electron chi connectivity index (χ3n) is 2.43. The zero-order valence-electron chi connectivity index (χ0n) is 10.5. The van der Waals surface area contributed by atoms with E-state index in [1.54, 1.807) is 6.92 Å². The van der Waals surface area contributed by atoms with Crippen molar-refractivity contribution in [1.82, 2.24) is 0 Å². The van der Waals surface area contributed by atoms with Gasteiger partial charge < -0.3 is 14.8 Å². The molecule has 1 aromatic rings. The summed E-state index contributed by atoms with van der Waals surface area (Å²) >= 11 is 0. The van der Waals surface area contributed by atoms with Crippen molar-refractivity contribution in [2.24, 2.45) is 0 Å². The van der Waals surface area contributed by atoms with E-state index in [-0.39, 0.29) is 29.3 Å². The number of rotatable bonds is 7. The van der Waals surface area contributed by atoms with Gasteiger partial charge in [0.2, 0.25) is 0 Å². The molecule has 0 bridgehead atoms. The van der Waals surface area contributed by atoms with E-state index < -0.39 is 22.8 Å². The van der Waals surface area contributed by atoms with Crippen LogP contribution >= 0.6 is 0 Å². The quantitative estimate of drug-likeness (QED) is 0.674. The standard InChI is InChI=1S/C11H16BFO5S/c1-2-6-19(16,17)7-5-18-9-3-4-10(12(14)15)11(13)8-9/h3-4,8,14-15H,2,5-7H2,1H3. The normalized spacial score (nSPS) is 11.4. The highest BCUT2D eigenvalue weighted by molar-refractivity contribution is 7.91. The summed E-state index contributed by atoms with van der Waals surface area (Å²) in [5.41, 5.74) is -0.258.